The van der Waals surface area contributed by atoms with E-state index < -0.39 is 23.7 Å². The van der Waals surface area contributed by atoms with Crippen LogP contribution in [0.2, 0.25) is 0 Å². The number of fused-ring (bicyclic) bond motifs is 2. The molecule has 4 unspecified atom stereocenters. The van der Waals surface area contributed by atoms with Crippen molar-refractivity contribution in [1.29, 1.82) is 0 Å². The van der Waals surface area contributed by atoms with Gasteiger partial charge in [-0.3, -0.25) is 4.79 Å². The van der Waals surface area contributed by atoms with E-state index in [2.05, 4.69) is 10.6 Å². The third-order valence-corrected chi connectivity index (χ3v) is 4.58. The highest BCUT2D eigenvalue weighted by Gasteiger charge is 2.51. The minimum absolute atomic E-state index is 0.159. The number of amides is 2. The minimum Gasteiger partial charge on any atom is -0.481 e. The molecule has 0 radical (unpaired) electrons. The number of hydrogen-bond donors (Lipinski definition) is 3. The lowest BCUT2D eigenvalue weighted by molar-refractivity contribution is -0.144. The molecule has 21 heavy (non-hydrogen) atoms. The van der Waals surface area contributed by atoms with Crippen molar-refractivity contribution < 1.29 is 19.1 Å². The van der Waals surface area contributed by atoms with E-state index in [1.54, 1.807) is 6.07 Å². The molecule has 4 atom stereocenters. The molecule has 6 heteroatoms. The van der Waals surface area contributed by atoms with Crippen LogP contribution in [0, 0.1) is 23.6 Å². The maximum absolute atomic E-state index is 13.1. The van der Waals surface area contributed by atoms with E-state index >= 15 is 0 Å². The topological polar surface area (TPSA) is 78.4 Å². The number of carboxylic acids is 1. The lowest BCUT2D eigenvalue weighted by Crippen LogP contribution is -2.48. The van der Waals surface area contributed by atoms with Gasteiger partial charge in [0.2, 0.25) is 0 Å². The van der Waals surface area contributed by atoms with Crippen LogP contribution in [-0.4, -0.2) is 23.1 Å². The lowest BCUT2D eigenvalue weighted by atomic mass is 9.84. The molecule has 3 rings (SSSR count). The standard InChI is InChI=1S/C15H17FN2O3/c16-10-2-1-3-11(7-10)17-15(21)18-13-9-5-4-8(6-9)12(13)14(19)20/h1-3,7-9,12-13H,4-6H2,(H,19,20)(H2,17,18,21). The van der Waals surface area contributed by atoms with Crippen molar-refractivity contribution in [2.75, 3.05) is 5.32 Å². The molecule has 112 valence electrons. The molecule has 3 N–H and O–H groups in total. The van der Waals surface area contributed by atoms with Crippen LogP contribution in [0.15, 0.2) is 24.3 Å². The van der Waals surface area contributed by atoms with Crippen LogP contribution in [0.4, 0.5) is 14.9 Å². The predicted molar refractivity (Wildman–Crippen MR) is 74.3 cm³/mol. The molecule has 1 aromatic rings. The van der Waals surface area contributed by atoms with E-state index in [0.717, 1.165) is 19.3 Å². The van der Waals surface area contributed by atoms with Crippen LogP contribution in [-0.2, 0) is 4.79 Å². The number of nitrogens with one attached hydrogen (secondary N) is 2. The quantitative estimate of drug-likeness (QED) is 0.800. The smallest absolute Gasteiger partial charge is 0.319 e. The van der Waals surface area contributed by atoms with E-state index in [1.165, 1.54) is 18.2 Å². The molecule has 2 aliphatic rings. The first-order chi connectivity index (χ1) is 10.0. The first-order valence-corrected chi connectivity index (χ1v) is 7.10. The molecule has 2 aliphatic carbocycles. The van der Waals surface area contributed by atoms with E-state index in [9.17, 15) is 19.1 Å². The number of halogens is 1. The summed E-state index contributed by atoms with van der Waals surface area (Å²) < 4.78 is 13.1. The Hall–Kier alpha value is -2.11. The molecule has 0 aliphatic heterocycles. The zero-order valence-corrected chi connectivity index (χ0v) is 11.4. The Morgan fingerprint density at radius 2 is 2.00 bits per heavy atom. The SMILES string of the molecule is O=C(Nc1cccc(F)c1)NC1C2CCC(C2)C1C(=O)O. The molecule has 0 saturated heterocycles. The summed E-state index contributed by atoms with van der Waals surface area (Å²) in [5, 5.41) is 14.6. The summed E-state index contributed by atoms with van der Waals surface area (Å²) in [6.07, 6.45) is 2.74. The molecule has 5 nitrogen and oxygen atoms in total. The second-order valence-electron chi connectivity index (χ2n) is 5.83. The largest absolute Gasteiger partial charge is 0.481 e. The summed E-state index contributed by atoms with van der Waals surface area (Å²) in [6.45, 7) is 0. The first-order valence-electron chi connectivity index (χ1n) is 7.10. The van der Waals surface area contributed by atoms with Gasteiger partial charge in [-0.15, -0.1) is 0 Å². The summed E-state index contributed by atoms with van der Waals surface area (Å²) in [5.41, 5.74) is 0.350. The van der Waals surface area contributed by atoms with Gasteiger partial charge in [0.05, 0.1) is 5.92 Å². The fourth-order valence-electron chi connectivity index (χ4n) is 3.74. The minimum atomic E-state index is -0.849. The number of carbonyl (C=O) groups is 2. The Bertz CT molecular complexity index is 578. The average Bonchev–Trinajstić information content (AvgIpc) is 2.99. The van der Waals surface area contributed by atoms with Gasteiger partial charge in [-0.2, -0.15) is 0 Å². The molecule has 2 fully saturated rings. The fourth-order valence-corrected chi connectivity index (χ4v) is 3.74. The number of rotatable bonds is 3. The van der Waals surface area contributed by atoms with Crippen molar-refractivity contribution in [3.8, 4) is 0 Å². The van der Waals surface area contributed by atoms with Crippen molar-refractivity contribution >= 4 is 17.7 Å². The number of benzene rings is 1. The molecule has 2 saturated carbocycles. The normalized spacial score (nSPS) is 30.1. The van der Waals surface area contributed by atoms with Crippen molar-refractivity contribution in [3.63, 3.8) is 0 Å². The van der Waals surface area contributed by atoms with Crippen molar-refractivity contribution in [3.05, 3.63) is 30.1 Å². The van der Waals surface area contributed by atoms with Crippen LogP contribution in [0.5, 0.6) is 0 Å². The summed E-state index contributed by atoms with van der Waals surface area (Å²) in [6, 6.07) is 4.77. The summed E-state index contributed by atoms with van der Waals surface area (Å²) in [4.78, 5) is 23.4. The van der Waals surface area contributed by atoms with Gasteiger partial charge in [0.15, 0.2) is 0 Å². The van der Waals surface area contributed by atoms with E-state index in [0.29, 0.717) is 5.69 Å². The molecule has 0 spiro atoms. The number of aliphatic carboxylic acids is 1. The third-order valence-electron chi connectivity index (χ3n) is 4.58. The summed E-state index contributed by atoms with van der Waals surface area (Å²) in [7, 11) is 0. The summed E-state index contributed by atoms with van der Waals surface area (Å²) >= 11 is 0. The van der Waals surface area contributed by atoms with Crippen LogP contribution in [0.25, 0.3) is 0 Å². The van der Waals surface area contributed by atoms with Gasteiger partial charge in [0, 0.05) is 11.7 Å². The predicted octanol–water partition coefficient (Wildman–Crippen LogP) is 2.45. The Morgan fingerprint density at radius 3 is 2.71 bits per heavy atom. The highest BCUT2D eigenvalue weighted by molar-refractivity contribution is 5.90. The highest BCUT2D eigenvalue weighted by Crippen LogP contribution is 2.48. The van der Waals surface area contributed by atoms with Gasteiger partial charge in [-0.25, -0.2) is 9.18 Å². The number of hydrogen-bond acceptors (Lipinski definition) is 2. The monoisotopic (exact) mass is 292 g/mol. The first kappa shape index (κ1) is 13.9. The molecule has 0 heterocycles. The second kappa shape index (κ2) is 5.35. The average molecular weight is 292 g/mol. The lowest BCUT2D eigenvalue weighted by Gasteiger charge is -2.28. The van der Waals surface area contributed by atoms with Crippen LogP contribution in [0.1, 0.15) is 19.3 Å². The van der Waals surface area contributed by atoms with E-state index in [1.807, 2.05) is 0 Å². The van der Waals surface area contributed by atoms with Gasteiger partial charge >= 0.3 is 12.0 Å². The Labute approximate surface area is 121 Å². The Balaban J connectivity index is 1.65. The number of carbonyl (C=O) groups excluding carboxylic acids is 1. The Kier molecular flexibility index (Phi) is 3.53. The molecular formula is C15H17FN2O3. The highest BCUT2D eigenvalue weighted by atomic mass is 19.1. The molecular weight excluding hydrogens is 275 g/mol. The van der Waals surface area contributed by atoms with Crippen molar-refractivity contribution in [2.45, 2.75) is 25.3 Å². The molecule has 2 amide bonds. The van der Waals surface area contributed by atoms with Gasteiger partial charge in [0.1, 0.15) is 5.82 Å². The summed E-state index contributed by atoms with van der Waals surface area (Å²) in [5.74, 6) is -1.40. The number of anilines is 1. The van der Waals surface area contributed by atoms with Crippen molar-refractivity contribution in [2.24, 2.45) is 17.8 Å². The van der Waals surface area contributed by atoms with E-state index in [4.69, 9.17) is 0 Å². The van der Waals surface area contributed by atoms with Crippen LogP contribution < -0.4 is 10.6 Å². The molecule has 1 aromatic carbocycles. The maximum Gasteiger partial charge on any atom is 0.319 e. The molecule has 0 aromatic heterocycles. The fraction of sp³-hybridized carbons (Fsp3) is 0.467. The van der Waals surface area contributed by atoms with Gasteiger partial charge in [-0.05, 0) is 49.3 Å². The van der Waals surface area contributed by atoms with Crippen molar-refractivity contribution in [1.82, 2.24) is 5.32 Å². The van der Waals surface area contributed by atoms with Crippen LogP contribution in [0.3, 0.4) is 0 Å². The van der Waals surface area contributed by atoms with Gasteiger partial charge in [-0.1, -0.05) is 6.07 Å². The van der Waals surface area contributed by atoms with E-state index in [-0.39, 0.29) is 17.9 Å². The molecule has 2 bridgehead atoms. The second-order valence-corrected chi connectivity index (χ2v) is 5.83. The zero-order chi connectivity index (χ0) is 15.0. The number of carboxylic acid groups (broad SMARTS) is 1. The Morgan fingerprint density at radius 1 is 1.24 bits per heavy atom. The maximum atomic E-state index is 13.1. The zero-order valence-electron chi connectivity index (χ0n) is 11.4. The van der Waals surface area contributed by atoms with Crippen LogP contribution >= 0.6 is 0 Å². The third kappa shape index (κ3) is 2.70. The number of urea groups is 1. The van der Waals surface area contributed by atoms with Gasteiger partial charge < -0.3 is 15.7 Å². The van der Waals surface area contributed by atoms with Gasteiger partial charge in [0.25, 0.3) is 0 Å².